The minimum atomic E-state index is -0.229. The first-order chi connectivity index (χ1) is 9.86. The van der Waals surface area contributed by atoms with Crippen LogP contribution < -0.4 is 5.32 Å². The number of aliphatic hydroxyl groups excluding tert-OH is 1. The Morgan fingerprint density at radius 1 is 1.33 bits per heavy atom. The molecule has 4 heteroatoms. The Balaban J connectivity index is 2.47. The first-order valence-corrected chi connectivity index (χ1v) is 7.85. The van der Waals surface area contributed by atoms with Gasteiger partial charge in [0.05, 0.1) is 6.61 Å². The zero-order valence-corrected chi connectivity index (χ0v) is 14.1. The van der Waals surface area contributed by atoms with Gasteiger partial charge in [0.2, 0.25) is 0 Å². The van der Waals surface area contributed by atoms with E-state index in [-0.39, 0.29) is 12.1 Å². The molecule has 2 unspecified atom stereocenters. The van der Waals surface area contributed by atoms with Gasteiger partial charge in [0.1, 0.15) is 0 Å². The number of nitrogens with zero attached hydrogens (tertiary/aromatic N) is 2. The van der Waals surface area contributed by atoms with Gasteiger partial charge in [-0.15, -0.1) is 0 Å². The molecule has 2 N–H and O–H groups in total. The molecule has 0 saturated carbocycles. The van der Waals surface area contributed by atoms with Crippen LogP contribution >= 0.6 is 0 Å². The normalized spacial score (nSPS) is 16.2. The number of likely N-dealkylation sites (N-methyl/N-ethyl adjacent to an activating group) is 1. The molecule has 1 aromatic rings. The maximum absolute atomic E-state index is 9.68. The van der Waals surface area contributed by atoms with Crippen LogP contribution in [0, 0.1) is 0 Å². The average Bonchev–Trinajstić information content (AvgIpc) is 2.44. The number of aromatic nitrogens is 1. The van der Waals surface area contributed by atoms with Crippen LogP contribution in [0.15, 0.2) is 24.4 Å². The van der Waals surface area contributed by atoms with E-state index in [4.69, 9.17) is 0 Å². The van der Waals surface area contributed by atoms with Gasteiger partial charge in [-0.1, -0.05) is 19.9 Å². The summed E-state index contributed by atoms with van der Waals surface area (Å²) >= 11 is 0. The number of rotatable bonds is 9. The van der Waals surface area contributed by atoms with Crippen molar-refractivity contribution in [1.29, 1.82) is 0 Å². The van der Waals surface area contributed by atoms with Crippen molar-refractivity contribution in [1.82, 2.24) is 15.2 Å². The smallest absolute Gasteiger partial charge is 0.0611 e. The van der Waals surface area contributed by atoms with E-state index >= 15 is 0 Å². The number of pyridine rings is 1. The highest BCUT2D eigenvalue weighted by molar-refractivity contribution is 5.03. The van der Waals surface area contributed by atoms with E-state index in [0.717, 1.165) is 25.1 Å². The standard InChI is InChI=1S/C17H31N3O/c1-14(2)19-17(4,13-21)12-15(3)20(5)11-9-16-8-6-7-10-18-16/h6-8,10,14-15,19,21H,9,11-13H2,1-5H3. The van der Waals surface area contributed by atoms with E-state index < -0.39 is 0 Å². The third-order valence-corrected chi connectivity index (χ3v) is 3.93. The fraction of sp³-hybridized carbons (Fsp3) is 0.706. The minimum Gasteiger partial charge on any atom is -0.394 e. The predicted octanol–water partition coefficient (Wildman–Crippen LogP) is 2.08. The van der Waals surface area contributed by atoms with E-state index in [1.54, 1.807) is 0 Å². The lowest BCUT2D eigenvalue weighted by atomic mass is 9.93. The van der Waals surface area contributed by atoms with Crippen molar-refractivity contribution >= 4 is 0 Å². The van der Waals surface area contributed by atoms with Crippen LogP contribution in [0.2, 0.25) is 0 Å². The molecule has 0 aromatic carbocycles. The molecule has 0 radical (unpaired) electrons. The van der Waals surface area contributed by atoms with E-state index in [0.29, 0.717) is 12.1 Å². The van der Waals surface area contributed by atoms with Crippen molar-refractivity contribution in [3.8, 4) is 0 Å². The lowest BCUT2D eigenvalue weighted by Gasteiger charge is -2.36. The van der Waals surface area contributed by atoms with Crippen LogP contribution in [-0.2, 0) is 6.42 Å². The first-order valence-electron chi connectivity index (χ1n) is 7.85. The molecule has 1 heterocycles. The van der Waals surface area contributed by atoms with E-state index in [1.807, 2.05) is 18.3 Å². The second-order valence-corrected chi connectivity index (χ2v) is 6.62. The Kier molecular flexibility index (Phi) is 7.29. The van der Waals surface area contributed by atoms with Gasteiger partial charge in [-0.3, -0.25) is 4.98 Å². The second-order valence-electron chi connectivity index (χ2n) is 6.62. The molecule has 1 aromatic heterocycles. The lowest BCUT2D eigenvalue weighted by molar-refractivity contribution is 0.120. The highest BCUT2D eigenvalue weighted by Gasteiger charge is 2.27. The van der Waals surface area contributed by atoms with Gasteiger partial charge in [0.15, 0.2) is 0 Å². The summed E-state index contributed by atoms with van der Waals surface area (Å²) in [4.78, 5) is 6.70. The summed E-state index contributed by atoms with van der Waals surface area (Å²) in [7, 11) is 2.14. The zero-order chi connectivity index (χ0) is 15.9. The summed E-state index contributed by atoms with van der Waals surface area (Å²) in [5, 5.41) is 13.2. The minimum absolute atomic E-state index is 0.156. The van der Waals surface area contributed by atoms with Crippen LogP contribution in [-0.4, -0.2) is 52.8 Å². The molecular weight excluding hydrogens is 262 g/mol. The highest BCUT2D eigenvalue weighted by Crippen LogP contribution is 2.16. The van der Waals surface area contributed by atoms with E-state index in [9.17, 15) is 5.11 Å². The maximum atomic E-state index is 9.68. The van der Waals surface area contributed by atoms with Gasteiger partial charge >= 0.3 is 0 Å². The summed E-state index contributed by atoms with van der Waals surface area (Å²) in [6.45, 7) is 9.67. The van der Waals surface area contributed by atoms with Crippen molar-refractivity contribution in [3.05, 3.63) is 30.1 Å². The Labute approximate surface area is 129 Å². The van der Waals surface area contributed by atoms with Gasteiger partial charge in [-0.2, -0.15) is 0 Å². The SMILES string of the molecule is CC(C)NC(C)(CO)CC(C)N(C)CCc1ccccn1. The molecule has 0 bridgehead atoms. The van der Waals surface area contributed by atoms with Gasteiger partial charge < -0.3 is 15.3 Å². The third-order valence-electron chi connectivity index (χ3n) is 3.93. The quantitative estimate of drug-likeness (QED) is 0.732. The molecule has 0 spiro atoms. The monoisotopic (exact) mass is 293 g/mol. The van der Waals surface area contributed by atoms with E-state index in [2.05, 4.69) is 56.0 Å². The van der Waals surface area contributed by atoms with Gasteiger partial charge in [-0.25, -0.2) is 0 Å². The molecule has 0 aliphatic rings. The van der Waals surface area contributed by atoms with Gasteiger partial charge in [-0.05, 0) is 39.4 Å². The summed E-state index contributed by atoms with van der Waals surface area (Å²) in [6.07, 6.45) is 3.71. The predicted molar refractivity (Wildman–Crippen MR) is 88.4 cm³/mol. The van der Waals surface area contributed by atoms with Crippen molar-refractivity contribution < 1.29 is 5.11 Å². The van der Waals surface area contributed by atoms with Crippen molar-refractivity contribution in [2.24, 2.45) is 0 Å². The van der Waals surface area contributed by atoms with Gasteiger partial charge in [0.25, 0.3) is 0 Å². The van der Waals surface area contributed by atoms with Gasteiger partial charge in [0, 0.05) is 42.5 Å². The number of nitrogens with one attached hydrogen (secondary N) is 1. The third kappa shape index (κ3) is 6.55. The average molecular weight is 293 g/mol. The molecule has 0 saturated heterocycles. The molecule has 0 amide bonds. The van der Waals surface area contributed by atoms with Crippen molar-refractivity contribution in [2.45, 2.75) is 58.2 Å². The van der Waals surface area contributed by atoms with Crippen LogP contribution in [0.3, 0.4) is 0 Å². The Morgan fingerprint density at radius 2 is 2.05 bits per heavy atom. The van der Waals surface area contributed by atoms with Crippen molar-refractivity contribution in [2.75, 3.05) is 20.2 Å². The van der Waals surface area contributed by atoms with Crippen LogP contribution in [0.4, 0.5) is 0 Å². The molecule has 0 aliphatic heterocycles. The molecule has 2 atom stereocenters. The molecule has 0 aliphatic carbocycles. The molecule has 21 heavy (non-hydrogen) atoms. The summed E-state index contributed by atoms with van der Waals surface area (Å²) < 4.78 is 0. The molecule has 0 fully saturated rings. The lowest BCUT2D eigenvalue weighted by Crippen LogP contribution is -2.52. The van der Waals surface area contributed by atoms with Crippen molar-refractivity contribution in [3.63, 3.8) is 0 Å². The highest BCUT2D eigenvalue weighted by atomic mass is 16.3. The molecular formula is C17H31N3O. The first kappa shape index (κ1) is 18.1. The number of hydrogen-bond donors (Lipinski definition) is 2. The van der Waals surface area contributed by atoms with Crippen LogP contribution in [0.25, 0.3) is 0 Å². The van der Waals surface area contributed by atoms with Crippen LogP contribution in [0.1, 0.15) is 39.8 Å². The topological polar surface area (TPSA) is 48.4 Å². The van der Waals surface area contributed by atoms with E-state index in [1.165, 1.54) is 0 Å². The summed E-state index contributed by atoms with van der Waals surface area (Å²) in [5.41, 5.74) is 0.897. The summed E-state index contributed by atoms with van der Waals surface area (Å²) in [5.74, 6) is 0. The maximum Gasteiger partial charge on any atom is 0.0611 e. The Morgan fingerprint density at radius 3 is 2.57 bits per heavy atom. The molecule has 120 valence electrons. The summed E-state index contributed by atoms with van der Waals surface area (Å²) in [6, 6.07) is 6.81. The number of hydrogen-bond acceptors (Lipinski definition) is 4. The Bertz CT molecular complexity index is 396. The zero-order valence-electron chi connectivity index (χ0n) is 14.1. The fourth-order valence-electron chi connectivity index (χ4n) is 2.73. The van der Waals surface area contributed by atoms with Crippen LogP contribution in [0.5, 0.6) is 0 Å². The molecule has 4 nitrogen and oxygen atoms in total. The number of aliphatic hydroxyl groups is 1. The second kappa shape index (κ2) is 8.47. The molecule has 1 rings (SSSR count). The fourth-order valence-corrected chi connectivity index (χ4v) is 2.73. The Hall–Kier alpha value is -0.970. The largest absolute Gasteiger partial charge is 0.394 e.